The monoisotopic (exact) mass is 689 g/mol. The van der Waals surface area contributed by atoms with E-state index in [2.05, 4.69) is 143 Å². The maximum atomic E-state index is 10.3. The first-order valence-electron chi connectivity index (χ1n) is 18.1. The molecule has 0 aliphatic rings. The van der Waals surface area contributed by atoms with Crippen molar-refractivity contribution in [1.29, 1.82) is 5.26 Å². The highest BCUT2D eigenvalue weighted by Gasteiger charge is 2.22. The molecule has 250 valence electrons. The number of benzene rings is 8. The summed E-state index contributed by atoms with van der Waals surface area (Å²) in [6.07, 6.45) is 0. The van der Waals surface area contributed by atoms with Gasteiger partial charge in [-0.2, -0.15) is 5.26 Å². The van der Waals surface area contributed by atoms with Gasteiger partial charge < -0.3 is 18.0 Å². The van der Waals surface area contributed by atoms with Crippen LogP contribution in [-0.2, 0) is 0 Å². The second-order valence-corrected chi connectivity index (χ2v) is 14.0. The van der Waals surface area contributed by atoms with E-state index in [1.165, 1.54) is 5.39 Å². The molecule has 0 unspecified atom stereocenters. The van der Waals surface area contributed by atoms with E-state index in [9.17, 15) is 5.26 Å². The molecule has 0 N–H and O–H groups in total. The summed E-state index contributed by atoms with van der Waals surface area (Å²) >= 11 is 0. The highest BCUT2D eigenvalue weighted by atomic mass is 16.3. The van der Waals surface area contributed by atoms with Crippen LogP contribution < -0.4 is 0 Å². The lowest BCUT2D eigenvalue weighted by Crippen LogP contribution is -2.02. The highest BCUT2D eigenvalue weighted by Crippen LogP contribution is 2.44. The quantitative estimate of drug-likeness (QED) is 0.185. The Balaban J connectivity index is 1.17. The molecular weight excluding hydrogens is 663 g/mol. The van der Waals surface area contributed by atoms with E-state index in [0.717, 1.165) is 105 Å². The fraction of sp³-hybridized carbons (Fsp3) is 0. The van der Waals surface area contributed by atoms with Crippen LogP contribution in [0.2, 0.25) is 0 Å². The molecule has 0 atom stereocenters. The Bertz CT molecular complexity index is 3590. The lowest BCUT2D eigenvalue weighted by molar-refractivity contribution is 0.669. The molecule has 0 saturated carbocycles. The van der Waals surface area contributed by atoms with Crippen LogP contribution in [0, 0.1) is 11.3 Å². The molecule has 4 aromatic heterocycles. The predicted molar refractivity (Wildman–Crippen MR) is 220 cm³/mol. The van der Waals surface area contributed by atoms with Crippen molar-refractivity contribution in [2.75, 3.05) is 0 Å². The molecule has 0 fully saturated rings. The zero-order valence-electron chi connectivity index (χ0n) is 28.7. The summed E-state index contributed by atoms with van der Waals surface area (Å²) in [4.78, 5) is 0. The standard InChI is InChI=1S/C49H27N3O2/c50-28-29-21-22-33(43(23-29)52-42-18-8-3-13-32(42)37-25-39-35-15-5-10-20-47(35)54-49(39)27-45(37)52)30-11-1-6-16-40(30)51-41-17-7-2-12-31(41)36-24-38-34-14-4-9-19-46(34)53-48(38)26-44(36)51/h1-27H. The van der Waals surface area contributed by atoms with Gasteiger partial charge in [0.15, 0.2) is 0 Å². The van der Waals surface area contributed by atoms with Crippen molar-refractivity contribution < 1.29 is 8.83 Å². The number of nitriles is 1. The van der Waals surface area contributed by atoms with Crippen LogP contribution in [-0.4, -0.2) is 9.13 Å². The Kier molecular flexibility index (Phi) is 5.78. The van der Waals surface area contributed by atoms with Crippen molar-refractivity contribution >= 4 is 87.5 Å². The lowest BCUT2D eigenvalue weighted by Gasteiger charge is -2.18. The van der Waals surface area contributed by atoms with Gasteiger partial charge in [0.25, 0.3) is 0 Å². The maximum absolute atomic E-state index is 10.3. The van der Waals surface area contributed by atoms with E-state index in [0.29, 0.717) is 5.56 Å². The van der Waals surface area contributed by atoms with Gasteiger partial charge in [0, 0.05) is 66.3 Å². The first-order valence-corrected chi connectivity index (χ1v) is 18.1. The van der Waals surface area contributed by atoms with Crippen molar-refractivity contribution in [1.82, 2.24) is 9.13 Å². The van der Waals surface area contributed by atoms with Crippen molar-refractivity contribution in [3.8, 4) is 28.6 Å². The van der Waals surface area contributed by atoms with E-state index in [-0.39, 0.29) is 0 Å². The van der Waals surface area contributed by atoms with Crippen LogP contribution in [0.25, 0.3) is 110 Å². The van der Waals surface area contributed by atoms with Crippen molar-refractivity contribution in [3.63, 3.8) is 0 Å². The van der Waals surface area contributed by atoms with Gasteiger partial charge in [0.05, 0.1) is 45.1 Å². The van der Waals surface area contributed by atoms with Gasteiger partial charge in [-0.15, -0.1) is 0 Å². The smallest absolute Gasteiger partial charge is 0.137 e. The fourth-order valence-corrected chi connectivity index (χ4v) is 8.80. The molecule has 0 aliphatic heterocycles. The molecule has 12 aromatic rings. The number of para-hydroxylation sites is 5. The molecule has 12 rings (SSSR count). The minimum atomic E-state index is 0.589. The Hall–Kier alpha value is -7.55. The molecule has 0 radical (unpaired) electrons. The molecule has 0 saturated heterocycles. The van der Waals surface area contributed by atoms with E-state index in [4.69, 9.17) is 8.83 Å². The molecule has 0 amide bonds. The molecule has 54 heavy (non-hydrogen) atoms. The third-order valence-electron chi connectivity index (χ3n) is 11.1. The zero-order chi connectivity index (χ0) is 35.5. The number of fused-ring (bicyclic) bond motifs is 12. The van der Waals surface area contributed by atoms with E-state index >= 15 is 0 Å². The van der Waals surface area contributed by atoms with E-state index < -0.39 is 0 Å². The van der Waals surface area contributed by atoms with Crippen LogP contribution >= 0.6 is 0 Å². The first-order chi connectivity index (χ1) is 26.7. The van der Waals surface area contributed by atoms with Gasteiger partial charge in [-0.05, 0) is 54.6 Å². The highest BCUT2D eigenvalue weighted by molar-refractivity contribution is 6.19. The molecule has 5 heteroatoms. The second-order valence-electron chi connectivity index (χ2n) is 14.0. The molecule has 5 nitrogen and oxygen atoms in total. The summed E-state index contributed by atoms with van der Waals surface area (Å²) in [5.41, 5.74) is 12.3. The van der Waals surface area contributed by atoms with Crippen molar-refractivity contribution in [2.45, 2.75) is 0 Å². The Morgan fingerprint density at radius 1 is 0.352 bits per heavy atom. The average molecular weight is 690 g/mol. The molecule has 0 spiro atoms. The number of nitrogens with zero attached hydrogens (tertiary/aromatic N) is 3. The zero-order valence-corrected chi connectivity index (χ0v) is 28.7. The maximum Gasteiger partial charge on any atom is 0.137 e. The van der Waals surface area contributed by atoms with Crippen molar-refractivity contribution in [2.24, 2.45) is 0 Å². The summed E-state index contributed by atoms with van der Waals surface area (Å²) in [6.45, 7) is 0. The lowest BCUT2D eigenvalue weighted by atomic mass is 9.99. The summed E-state index contributed by atoms with van der Waals surface area (Å²) in [5.74, 6) is 0. The van der Waals surface area contributed by atoms with Gasteiger partial charge in [-0.25, -0.2) is 0 Å². The minimum Gasteiger partial charge on any atom is -0.456 e. The van der Waals surface area contributed by atoms with Crippen LogP contribution in [0.3, 0.4) is 0 Å². The topological polar surface area (TPSA) is 59.9 Å². The van der Waals surface area contributed by atoms with Gasteiger partial charge >= 0.3 is 0 Å². The summed E-state index contributed by atoms with van der Waals surface area (Å²) < 4.78 is 17.5. The molecule has 0 bridgehead atoms. The number of hydrogen-bond acceptors (Lipinski definition) is 3. The minimum absolute atomic E-state index is 0.589. The number of furan rings is 2. The molecular formula is C49H27N3O2. The summed E-state index contributed by atoms with van der Waals surface area (Å²) in [7, 11) is 0. The van der Waals surface area contributed by atoms with Crippen LogP contribution in [0.5, 0.6) is 0 Å². The second kappa shape index (κ2) is 10.7. The summed E-state index contributed by atoms with van der Waals surface area (Å²) in [5, 5.41) is 19.3. The van der Waals surface area contributed by atoms with Crippen LogP contribution in [0.4, 0.5) is 0 Å². The molecule has 4 heterocycles. The molecule has 8 aromatic carbocycles. The third-order valence-corrected chi connectivity index (χ3v) is 11.1. The SMILES string of the molecule is N#Cc1ccc(-c2ccccc2-n2c3ccccc3c3cc4c(cc32)oc2ccccc24)c(-n2c3ccccc3c3cc4c(cc32)oc2ccccc24)c1. The number of aromatic nitrogens is 2. The average Bonchev–Trinajstić information content (AvgIpc) is 3.96. The third kappa shape index (κ3) is 3.91. The number of hydrogen-bond donors (Lipinski definition) is 0. The molecule has 0 aliphatic carbocycles. The number of rotatable bonds is 3. The largest absolute Gasteiger partial charge is 0.456 e. The van der Waals surface area contributed by atoms with Crippen LogP contribution in [0.1, 0.15) is 5.56 Å². The van der Waals surface area contributed by atoms with E-state index in [1.807, 2.05) is 36.4 Å². The van der Waals surface area contributed by atoms with Gasteiger partial charge in [-0.3, -0.25) is 0 Å². The summed E-state index contributed by atoms with van der Waals surface area (Å²) in [6, 6.07) is 59.5. The van der Waals surface area contributed by atoms with Crippen molar-refractivity contribution in [3.05, 3.63) is 169 Å². The predicted octanol–water partition coefficient (Wildman–Crippen LogP) is 13.2. The van der Waals surface area contributed by atoms with Gasteiger partial charge in [0.1, 0.15) is 22.3 Å². The Labute approximate surface area is 307 Å². The van der Waals surface area contributed by atoms with E-state index in [1.54, 1.807) is 0 Å². The first kappa shape index (κ1) is 29.1. The van der Waals surface area contributed by atoms with Crippen LogP contribution in [0.15, 0.2) is 173 Å². The fourth-order valence-electron chi connectivity index (χ4n) is 8.80. The Morgan fingerprint density at radius 2 is 0.833 bits per heavy atom. The van der Waals surface area contributed by atoms with Gasteiger partial charge in [-0.1, -0.05) is 97.1 Å². The Morgan fingerprint density at radius 3 is 1.43 bits per heavy atom. The normalized spacial score (nSPS) is 12.1. The van der Waals surface area contributed by atoms with Gasteiger partial charge in [0.2, 0.25) is 0 Å².